The Morgan fingerprint density at radius 3 is 2.33 bits per heavy atom. The molecule has 0 bridgehead atoms. The minimum Gasteiger partial charge on any atom is -0.330 e. The molecule has 1 fully saturated rings. The van der Waals surface area contributed by atoms with E-state index in [2.05, 4.69) is 11.8 Å². The van der Waals surface area contributed by atoms with E-state index in [0.29, 0.717) is 0 Å². The fourth-order valence-corrected chi connectivity index (χ4v) is 3.02. The minimum atomic E-state index is 0.771. The second-order valence-corrected chi connectivity index (χ2v) is 6.02. The van der Waals surface area contributed by atoms with E-state index >= 15 is 0 Å². The Morgan fingerprint density at radius 2 is 1.67 bits per heavy atom. The fraction of sp³-hybridized carbons (Fsp3) is 1.00. The first-order chi connectivity index (χ1) is 8.86. The summed E-state index contributed by atoms with van der Waals surface area (Å²) >= 11 is 0. The van der Waals surface area contributed by atoms with Crippen LogP contribution in [0, 0.1) is 5.92 Å². The number of hydrogen-bond acceptors (Lipinski definition) is 2. The largest absolute Gasteiger partial charge is 0.330 e. The molecule has 0 radical (unpaired) electrons. The Morgan fingerprint density at radius 1 is 1.00 bits per heavy atom. The summed E-state index contributed by atoms with van der Waals surface area (Å²) in [5.41, 5.74) is 5.77. The van der Waals surface area contributed by atoms with Crippen LogP contribution in [0.2, 0.25) is 0 Å². The van der Waals surface area contributed by atoms with Gasteiger partial charge in [0.2, 0.25) is 0 Å². The second-order valence-electron chi connectivity index (χ2n) is 6.02. The van der Waals surface area contributed by atoms with Gasteiger partial charge in [-0.2, -0.15) is 0 Å². The van der Waals surface area contributed by atoms with E-state index in [1.165, 1.54) is 83.8 Å². The van der Waals surface area contributed by atoms with Crippen LogP contribution >= 0.6 is 0 Å². The maximum Gasteiger partial charge on any atom is 0.00217 e. The highest BCUT2D eigenvalue weighted by molar-refractivity contribution is 4.73. The standard InChI is InChI=1S/C16H34N2/c1-2-3-4-5-6-7-8-9-12-18-13-10-11-16(14-17)15-18/h16H,2-15,17H2,1H3. The van der Waals surface area contributed by atoms with Gasteiger partial charge in [-0.3, -0.25) is 0 Å². The molecule has 108 valence electrons. The van der Waals surface area contributed by atoms with E-state index in [0.717, 1.165) is 12.5 Å². The normalized spacial score (nSPS) is 21.3. The lowest BCUT2D eigenvalue weighted by atomic mass is 9.98. The van der Waals surface area contributed by atoms with Gasteiger partial charge in [0.25, 0.3) is 0 Å². The van der Waals surface area contributed by atoms with Crippen molar-refractivity contribution < 1.29 is 0 Å². The smallest absolute Gasteiger partial charge is 0.00217 e. The van der Waals surface area contributed by atoms with Crippen molar-refractivity contribution in [2.45, 2.75) is 71.1 Å². The Hall–Kier alpha value is -0.0800. The number of nitrogens with zero attached hydrogens (tertiary/aromatic N) is 1. The predicted octanol–water partition coefficient (Wildman–Crippen LogP) is 3.80. The molecular weight excluding hydrogens is 220 g/mol. The van der Waals surface area contributed by atoms with E-state index in [1.54, 1.807) is 0 Å². The molecule has 2 heteroatoms. The second kappa shape index (κ2) is 10.8. The van der Waals surface area contributed by atoms with Crippen molar-refractivity contribution in [2.24, 2.45) is 11.7 Å². The van der Waals surface area contributed by atoms with Crippen LogP contribution in [-0.4, -0.2) is 31.1 Å². The molecule has 2 N–H and O–H groups in total. The summed E-state index contributed by atoms with van der Waals surface area (Å²) in [6.07, 6.45) is 14.1. The van der Waals surface area contributed by atoms with Gasteiger partial charge in [0.15, 0.2) is 0 Å². The molecule has 0 amide bonds. The van der Waals surface area contributed by atoms with E-state index in [1.807, 2.05) is 0 Å². The van der Waals surface area contributed by atoms with Gasteiger partial charge < -0.3 is 10.6 Å². The van der Waals surface area contributed by atoms with Crippen molar-refractivity contribution in [1.29, 1.82) is 0 Å². The third kappa shape index (κ3) is 7.38. The summed E-state index contributed by atoms with van der Waals surface area (Å²) in [4.78, 5) is 2.64. The Balaban J connectivity index is 1.88. The van der Waals surface area contributed by atoms with Crippen molar-refractivity contribution in [2.75, 3.05) is 26.2 Å². The Labute approximate surface area is 114 Å². The van der Waals surface area contributed by atoms with Gasteiger partial charge in [-0.15, -0.1) is 0 Å². The van der Waals surface area contributed by atoms with Crippen LogP contribution in [0.25, 0.3) is 0 Å². The first kappa shape index (κ1) is 16.0. The topological polar surface area (TPSA) is 29.3 Å². The lowest BCUT2D eigenvalue weighted by molar-refractivity contribution is 0.175. The van der Waals surface area contributed by atoms with Gasteiger partial charge in [-0.25, -0.2) is 0 Å². The molecule has 1 aliphatic rings. The van der Waals surface area contributed by atoms with Crippen LogP contribution in [0.15, 0.2) is 0 Å². The number of nitrogens with two attached hydrogens (primary N) is 1. The molecule has 0 aliphatic carbocycles. The van der Waals surface area contributed by atoms with Crippen LogP contribution in [0.4, 0.5) is 0 Å². The Kier molecular flexibility index (Phi) is 9.59. The van der Waals surface area contributed by atoms with E-state index in [9.17, 15) is 0 Å². The number of likely N-dealkylation sites (tertiary alicyclic amines) is 1. The molecule has 18 heavy (non-hydrogen) atoms. The molecule has 0 saturated carbocycles. The fourth-order valence-electron chi connectivity index (χ4n) is 3.02. The van der Waals surface area contributed by atoms with Crippen molar-refractivity contribution in [3.63, 3.8) is 0 Å². The van der Waals surface area contributed by atoms with Gasteiger partial charge in [-0.05, 0) is 44.8 Å². The van der Waals surface area contributed by atoms with Crippen molar-refractivity contribution >= 4 is 0 Å². The predicted molar refractivity (Wildman–Crippen MR) is 80.8 cm³/mol. The highest BCUT2D eigenvalue weighted by atomic mass is 15.1. The highest BCUT2D eigenvalue weighted by Crippen LogP contribution is 2.16. The zero-order chi connectivity index (χ0) is 13.1. The molecular formula is C16H34N2. The zero-order valence-corrected chi connectivity index (χ0v) is 12.5. The first-order valence-corrected chi connectivity index (χ1v) is 8.29. The molecule has 2 nitrogen and oxygen atoms in total. The van der Waals surface area contributed by atoms with Gasteiger partial charge in [0.1, 0.15) is 0 Å². The maximum absolute atomic E-state index is 5.77. The molecule has 1 saturated heterocycles. The average Bonchev–Trinajstić information content (AvgIpc) is 2.42. The number of hydrogen-bond donors (Lipinski definition) is 1. The van der Waals surface area contributed by atoms with E-state index < -0.39 is 0 Å². The van der Waals surface area contributed by atoms with Crippen LogP contribution in [-0.2, 0) is 0 Å². The highest BCUT2D eigenvalue weighted by Gasteiger charge is 2.17. The quantitative estimate of drug-likeness (QED) is 0.601. The van der Waals surface area contributed by atoms with Crippen molar-refractivity contribution in [1.82, 2.24) is 4.90 Å². The molecule has 1 rings (SSSR count). The minimum absolute atomic E-state index is 0.771. The summed E-state index contributed by atoms with van der Waals surface area (Å²) in [6, 6.07) is 0. The number of rotatable bonds is 10. The molecule has 0 spiro atoms. The third-order valence-electron chi connectivity index (χ3n) is 4.26. The molecule has 1 unspecified atom stereocenters. The lowest BCUT2D eigenvalue weighted by Crippen LogP contribution is -2.38. The number of unbranched alkanes of at least 4 members (excludes halogenated alkanes) is 7. The summed E-state index contributed by atoms with van der Waals surface area (Å²) in [5.74, 6) is 0.771. The molecule has 0 aromatic carbocycles. The van der Waals surface area contributed by atoms with Crippen molar-refractivity contribution in [3.8, 4) is 0 Å². The van der Waals surface area contributed by atoms with Crippen LogP contribution in [0.1, 0.15) is 71.1 Å². The maximum atomic E-state index is 5.77. The Bertz CT molecular complexity index is 182. The first-order valence-electron chi connectivity index (χ1n) is 8.29. The SMILES string of the molecule is CCCCCCCCCCN1CCCC(CN)C1. The summed E-state index contributed by atoms with van der Waals surface area (Å²) in [5, 5.41) is 0. The van der Waals surface area contributed by atoms with Gasteiger partial charge in [-0.1, -0.05) is 51.9 Å². The van der Waals surface area contributed by atoms with Crippen LogP contribution in [0.5, 0.6) is 0 Å². The monoisotopic (exact) mass is 254 g/mol. The molecule has 0 aromatic heterocycles. The van der Waals surface area contributed by atoms with Gasteiger partial charge >= 0.3 is 0 Å². The van der Waals surface area contributed by atoms with Crippen LogP contribution < -0.4 is 5.73 Å². The molecule has 0 aromatic rings. The van der Waals surface area contributed by atoms with E-state index in [4.69, 9.17) is 5.73 Å². The van der Waals surface area contributed by atoms with Crippen molar-refractivity contribution in [3.05, 3.63) is 0 Å². The van der Waals surface area contributed by atoms with Gasteiger partial charge in [0, 0.05) is 6.54 Å². The summed E-state index contributed by atoms with van der Waals surface area (Å²) < 4.78 is 0. The third-order valence-corrected chi connectivity index (χ3v) is 4.26. The summed E-state index contributed by atoms with van der Waals surface area (Å²) in [6.45, 7) is 7.05. The summed E-state index contributed by atoms with van der Waals surface area (Å²) in [7, 11) is 0. The average molecular weight is 254 g/mol. The molecule has 1 heterocycles. The molecule has 1 atom stereocenters. The van der Waals surface area contributed by atoms with E-state index in [-0.39, 0.29) is 0 Å². The van der Waals surface area contributed by atoms with Gasteiger partial charge in [0.05, 0.1) is 0 Å². The molecule has 1 aliphatic heterocycles. The van der Waals surface area contributed by atoms with Crippen LogP contribution in [0.3, 0.4) is 0 Å². The zero-order valence-electron chi connectivity index (χ0n) is 12.5. The lowest BCUT2D eigenvalue weighted by Gasteiger charge is -2.32. The number of piperidine rings is 1.